The Kier molecular flexibility index (Phi) is 1.83. The van der Waals surface area contributed by atoms with Crippen molar-refractivity contribution in [2.75, 3.05) is 6.61 Å². The molecule has 68 valence electrons. The van der Waals surface area contributed by atoms with E-state index in [0.29, 0.717) is 18.4 Å². The van der Waals surface area contributed by atoms with Crippen LogP contribution in [0.4, 0.5) is 0 Å². The van der Waals surface area contributed by atoms with Crippen LogP contribution in [-0.4, -0.2) is 23.8 Å². The quantitative estimate of drug-likeness (QED) is 0.616. The molecule has 1 N–H and O–H groups in total. The van der Waals surface area contributed by atoms with E-state index < -0.39 is 0 Å². The molecule has 12 heavy (non-hydrogen) atoms. The average Bonchev–Trinajstić information content (AvgIpc) is 2.51. The fourth-order valence-corrected chi connectivity index (χ4v) is 2.40. The Labute approximate surface area is 71.7 Å². The van der Waals surface area contributed by atoms with Crippen molar-refractivity contribution in [1.82, 2.24) is 0 Å². The summed E-state index contributed by atoms with van der Waals surface area (Å²) in [5.41, 5.74) is 0. The first-order valence-electron chi connectivity index (χ1n) is 4.58. The molecule has 0 aromatic carbocycles. The Bertz CT molecular complexity index is 190. The molecule has 2 fully saturated rings. The van der Waals surface area contributed by atoms with Crippen LogP contribution in [0.3, 0.4) is 0 Å². The topological polar surface area (TPSA) is 46.5 Å². The molecule has 0 spiro atoms. The molecule has 0 radical (unpaired) electrons. The molecule has 2 saturated carbocycles. The van der Waals surface area contributed by atoms with E-state index >= 15 is 0 Å². The van der Waals surface area contributed by atoms with Crippen LogP contribution >= 0.6 is 0 Å². The van der Waals surface area contributed by atoms with Gasteiger partial charge in [-0.2, -0.15) is 0 Å². The van der Waals surface area contributed by atoms with Gasteiger partial charge in [0, 0.05) is 0 Å². The molecule has 1 unspecified atom stereocenters. The van der Waals surface area contributed by atoms with E-state index in [0.717, 1.165) is 12.8 Å². The third kappa shape index (κ3) is 1.12. The standard InChI is InChI=1S/C9H14O3/c1-2-12-9(11)8-6-3-5(10)4-7(6)8/h5-8,10H,2-4H2,1H3/t5?,6-,7+,8+. The van der Waals surface area contributed by atoms with Gasteiger partial charge in [0.05, 0.1) is 18.6 Å². The van der Waals surface area contributed by atoms with E-state index in [4.69, 9.17) is 4.74 Å². The first-order chi connectivity index (χ1) is 5.74. The highest BCUT2D eigenvalue weighted by Gasteiger charge is 2.60. The van der Waals surface area contributed by atoms with Crippen molar-refractivity contribution < 1.29 is 14.6 Å². The van der Waals surface area contributed by atoms with Gasteiger partial charge in [-0.3, -0.25) is 4.79 Å². The lowest BCUT2D eigenvalue weighted by molar-refractivity contribution is -0.145. The number of rotatable bonds is 2. The molecule has 0 aliphatic heterocycles. The van der Waals surface area contributed by atoms with Crippen LogP contribution in [-0.2, 0) is 9.53 Å². The summed E-state index contributed by atoms with van der Waals surface area (Å²) in [6.45, 7) is 2.29. The molecule has 3 heteroatoms. The van der Waals surface area contributed by atoms with Crippen molar-refractivity contribution in [3.8, 4) is 0 Å². The van der Waals surface area contributed by atoms with E-state index in [-0.39, 0.29) is 18.0 Å². The van der Waals surface area contributed by atoms with Crippen molar-refractivity contribution >= 4 is 5.97 Å². The second-order valence-electron chi connectivity index (χ2n) is 3.73. The molecular formula is C9H14O3. The van der Waals surface area contributed by atoms with E-state index in [1.807, 2.05) is 6.92 Å². The van der Waals surface area contributed by atoms with Crippen molar-refractivity contribution in [3.05, 3.63) is 0 Å². The number of esters is 1. The second-order valence-corrected chi connectivity index (χ2v) is 3.73. The highest BCUT2D eigenvalue weighted by molar-refractivity contribution is 5.76. The summed E-state index contributed by atoms with van der Waals surface area (Å²) in [6, 6.07) is 0. The normalized spacial score (nSPS) is 43.8. The fraction of sp³-hybridized carbons (Fsp3) is 0.889. The number of ether oxygens (including phenoxy) is 1. The SMILES string of the molecule is CCOC(=O)[C@H]1[C@@H]2CC(O)C[C@@H]21. The maximum Gasteiger partial charge on any atom is 0.309 e. The third-order valence-corrected chi connectivity index (χ3v) is 2.98. The average molecular weight is 170 g/mol. The second kappa shape index (κ2) is 2.73. The Hall–Kier alpha value is -0.570. The van der Waals surface area contributed by atoms with Crippen LogP contribution in [0.25, 0.3) is 0 Å². The number of hydrogen-bond acceptors (Lipinski definition) is 3. The van der Waals surface area contributed by atoms with Crippen LogP contribution in [0, 0.1) is 17.8 Å². The van der Waals surface area contributed by atoms with Crippen molar-refractivity contribution in [1.29, 1.82) is 0 Å². The molecule has 0 bridgehead atoms. The van der Waals surface area contributed by atoms with E-state index in [1.54, 1.807) is 0 Å². The van der Waals surface area contributed by atoms with E-state index in [1.165, 1.54) is 0 Å². The van der Waals surface area contributed by atoms with Gasteiger partial charge in [0.15, 0.2) is 0 Å². The number of fused-ring (bicyclic) bond motifs is 1. The zero-order chi connectivity index (χ0) is 8.72. The minimum Gasteiger partial charge on any atom is -0.466 e. The van der Waals surface area contributed by atoms with Crippen molar-refractivity contribution in [2.45, 2.75) is 25.9 Å². The molecule has 3 nitrogen and oxygen atoms in total. The Balaban J connectivity index is 1.85. The van der Waals surface area contributed by atoms with Crippen LogP contribution in [0.1, 0.15) is 19.8 Å². The van der Waals surface area contributed by atoms with Gasteiger partial charge in [0.1, 0.15) is 0 Å². The molecule has 0 aromatic rings. The summed E-state index contributed by atoms with van der Waals surface area (Å²) in [4.78, 5) is 11.2. The zero-order valence-corrected chi connectivity index (χ0v) is 7.19. The van der Waals surface area contributed by atoms with Gasteiger partial charge in [-0.05, 0) is 31.6 Å². The first-order valence-corrected chi connectivity index (χ1v) is 4.58. The van der Waals surface area contributed by atoms with Crippen molar-refractivity contribution in [2.24, 2.45) is 17.8 Å². The van der Waals surface area contributed by atoms with Crippen molar-refractivity contribution in [3.63, 3.8) is 0 Å². The summed E-state index contributed by atoms with van der Waals surface area (Å²) in [5.74, 6) is 0.922. The summed E-state index contributed by atoms with van der Waals surface area (Å²) in [7, 11) is 0. The maximum atomic E-state index is 11.2. The lowest BCUT2D eigenvalue weighted by Crippen LogP contribution is -2.14. The molecule has 2 aliphatic carbocycles. The molecular weight excluding hydrogens is 156 g/mol. The number of hydrogen-bond donors (Lipinski definition) is 1. The fourth-order valence-electron chi connectivity index (χ4n) is 2.40. The van der Waals surface area contributed by atoms with Crippen LogP contribution in [0.5, 0.6) is 0 Å². The maximum absolute atomic E-state index is 11.2. The smallest absolute Gasteiger partial charge is 0.309 e. The molecule has 0 aromatic heterocycles. The lowest BCUT2D eigenvalue weighted by Gasteiger charge is -2.06. The minimum atomic E-state index is -0.161. The Morgan fingerprint density at radius 1 is 1.50 bits per heavy atom. The molecule has 4 atom stereocenters. The number of aliphatic hydroxyl groups excluding tert-OH is 1. The largest absolute Gasteiger partial charge is 0.466 e. The summed E-state index contributed by atoms with van der Waals surface area (Å²) in [6.07, 6.45) is 1.44. The summed E-state index contributed by atoms with van der Waals surface area (Å²) >= 11 is 0. The highest BCUT2D eigenvalue weighted by atomic mass is 16.5. The summed E-state index contributed by atoms with van der Waals surface area (Å²) < 4.78 is 4.92. The van der Waals surface area contributed by atoms with Crippen LogP contribution in [0.2, 0.25) is 0 Å². The van der Waals surface area contributed by atoms with Crippen LogP contribution < -0.4 is 0 Å². The van der Waals surface area contributed by atoms with Gasteiger partial charge in [0.2, 0.25) is 0 Å². The third-order valence-electron chi connectivity index (χ3n) is 2.98. The number of carbonyl (C=O) groups is 1. The van der Waals surface area contributed by atoms with Gasteiger partial charge >= 0.3 is 5.97 Å². The molecule has 2 rings (SSSR count). The predicted molar refractivity (Wildman–Crippen MR) is 42.3 cm³/mol. The molecule has 0 heterocycles. The van der Waals surface area contributed by atoms with Gasteiger partial charge in [-0.25, -0.2) is 0 Å². The van der Waals surface area contributed by atoms with E-state index in [2.05, 4.69) is 0 Å². The first kappa shape index (κ1) is 8.05. The minimum absolute atomic E-state index is 0.0561. The lowest BCUT2D eigenvalue weighted by atomic mass is 10.1. The van der Waals surface area contributed by atoms with Gasteiger partial charge in [-0.1, -0.05) is 0 Å². The number of carbonyl (C=O) groups excluding carboxylic acids is 1. The zero-order valence-electron chi connectivity index (χ0n) is 7.19. The van der Waals surface area contributed by atoms with E-state index in [9.17, 15) is 9.90 Å². The number of aliphatic hydroxyl groups is 1. The van der Waals surface area contributed by atoms with Gasteiger partial charge in [0.25, 0.3) is 0 Å². The van der Waals surface area contributed by atoms with Gasteiger partial charge in [-0.15, -0.1) is 0 Å². The van der Waals surface area contributed by atoms with Crippen LogP contribution in [0.15, 0.2) is 0 Å². The highest BCUT2D eigenvalue weighted by Crippen LogP contribution is 2.57. The van der Waals surface area contributed by atoms with Gasteiger partial charge < -0.3 is 9.84 Å². The predicted octanol–water partition coefficient (Wildman–Crippen LogP) is 0.566. The monoisotopic (exact) mass is 170 g/mol. The molecule has 2 aliphatic rings. The Morgan fingerprint density at radius 2 is 2.08 bits per heavy atom. The summed E-state index contributed by atoms with van der Waals surface area (Å²) in [5, 5.41) is 9.21. The molecule has 0 amide bonds. The Morgan fingerprint density at radius 3 is 2.58 bits per heavy atom. The molecule has 0 saturated heterocycles.